The summed E-state index contributed by atoms with van der Waals surface area (Å²) in [5.74, 6) is 0.866. The SMILES string of the molecule is COc1ccc2c(OF)cc(C)nc2c1. The predicted octanol–water partition coefficient (Wildman–Crippen LogP) is 2.82. The molecule has 0 fully saturated rings. The van der Waals surface area contributed by atoms with Gasteiger partial charge in [-0.1, -0.05) is 0 Å². The van der Waals surface area contributed by atoms with Gasteiger partial charge in [0.25, 0.3) is 0 Å². The third-order valence-electron chi connectivity index (χ3n) is 2.19. The number of halogens is 1. The fourth-order valence-corrected chi connectivity index (χ4v) is 1.49. The van der Waals surface area contributed by atoms with E-state index >= 15 is 0 Å². The fraction of sp³-hybridized carbons (Fsp3) is 0.182. The van der Waals surface area contributed by atoms with Crippen molar-refractivity contribution in [3.8, 4) is 11.5 Å². The van der Waals surface area contributed by atoms with E-state index in [-0.39, 0.29) is 5.75 Å². The van der Waals surface area contributed by atoms with Crippen LogP contribution in [0.5, 0.6) is 11.5 Å². The van der Waals surface area contributed by atoms with Crippen LogP contribution in [0.3, 0.4) is 0 Å². The minimum Gasteiger partial charge on any atom is -0.497 e. The zero-order valence-electron chi connectivity index (χ0n) is 8.45. The number of benzene rings is 1. The second-order valence-electron chi connectivity index (χ2n) is 3.22. The lowest BCUT2D eigenvalue weighted by molar-refractivity contribution is -0.00436. The number of rotatable bonds is 2. The Morgan fingerprint density at radius 1 is 1.27 bits per heavy atom. The normalized spacial score (nSPS) is 10.3. The van der Waals surface area contributed by atoms with Gasteiger partial charge in [0.15, 0.2) is 5.75 Å². The Morgan fingerprint density at radius 2 is 2.07 bits per heavy atom. The average molecular weight is 207 g/mol. The summed E-state index contributed by atoms with van der Waals surface area (Å²) in [5.41, 5.74) is 1.35. The molecule has 0 spiro atoms. The molecule has 0 saturated heterocycles. The molecule has 15 heavy (non-hydrogen) atoms. The Balaban J connectivity index is 2.72. The molecule has 0 N–H and O–H groups in total. The zero-order chi connectivity index (χ0) is 10.8. The van der Waals surface area contributed by atoms with Gasteiger partial charge in [-0.2, -0.15) is 0 Å². The molecule has 1 aromatic heterocycles. The molecule has 0 bridgehead atoms. The number of nitrogens with zero attached hydrogens (tertiary/aromatic N) is 1. The number of aromatic nitrogens is 1. The fourth-order valence-electron chi connectivity index (χ4n) is 1.49. The molecule has 0 unspecified atom stereocenters. The number of pyridine rings is 1. The summed E-state index contributed by atoms with van der Waals surface area (Å²) in [6.45, 7) is 1.78. The maximum absolute atomic E-state index is 12.3. The smallest absolute Gasteiger partial charge is 0.183 e. The molecule has 2 rings (SSSR count). The number of hydrogen-bond donors (Lipinski definition) is 0. The third kappa shape index (κ3) is 1.70. The molecule has 4 heteroatoms. The Kier molecular flexibility index (Phi) is 2.41. The van der Waals surface area contributed by atoms with Crippen LogP contribution in [0.15, 0.2) is 24.3 Å². The van der Waals surface area contributed by atoms with Gasteiger partial charge in [-0.15, -0.1) is 0 Å². The van der Waals surface area contributed by atoms with Gasteiger partial charge in [0.05, 0.1) is 12.6 Å². The van der Waals surface area contributed by atoms with E-state index in [2.05, 4.69) is 9.93 Å². The van der Waals surface area contributed by atoms with Crippen LogP contribution in [-0.4, -0.2) is 12.1 Å². The lowest BCUT2D eigenvalue weighted by Gasteiger charge is -2.05. The number of hydrogen-bond acceptors (Lipinski definition) is 3. The van der Waals surface area contributed by atoms with Crippen LogP contribution in [0.2, 0.25) is 0 Å². The number of fused-ring (bicyclic) bond motifs is 1. The lowest BCUT2D eigenvalue weighted by Crippen LogP contribution is -1.89. The van der Waals surface area contributed by atoms with Crippen molar-refractivity contribution in [2.24, 2.45) is 0 Å². The molecule has 1 aromatic carbocycles. The molecule has 0 aliphatic heterocycles. The first-order chi connectivity index (χ1) is 7.24. The average Bonchev–Trinajstić information content (AvgIpc) is 2.26. The molecular weight excluding hydrogens is 197 g/mol. The number of methoxy groups -OCH3 is 1. The standard InChI is InChI=1S/C11H10FNO2/c1-7-5-11(15-12)9-4-3-8(14-2)6-10(9)13-7/h3-6H,1-2H3. The Labute approximate surface area is 86.4 Å². The van der Waals surface area contributed by atoms with E-state index in [1.54, 1.807) is 38.3 Å². The second kappa shape index (κ2) is 3.73. The highest BCUT2D eigenvalue weighted by atomic mass is 19.3. The van der Waals surface area contributed by atoms with Gasteiger partial charge >= 0.3 is 0 Å². The minimum atomic E-state index is 0.181. The minimum absolute atomic E-state index is 0.181. The maximum Gasteiger partial charge on any atom is 0.183 e. The quantitative estimate of drug-likeness (QED) is 0.758. The molecule has 3 nitrogen and oxygen atoms in total. The Morgan fingerprint density at radius 3 is 2.73 bits per heavy atom. The molecule has 2 aromatic rings. The van der Waals surface area contributed by atoms with E-state index in [1.165, 1.54) is 0 Å². The van der Waals surface area contributed by atoms with Crippen molar-refractivity contribution in [1.29, 1.82) is 0 Å². The highest BCUT2D eigenvalue weighted by Crippen LogP contribution is 2.28. The van der Waals surface area contributed by atoms with Crippen LogP contribution in [0.25, 0.3) is 10.9 Å². The lowest BCUT2D eigenvalue weighted by atomic mass is 10.2. The zero-order valence-corrected chi connectivity index (χ0v) is 8.45. The highest BCUT2D eigenvalue weighted by Gasteiger charge is 2.06. The molecule has 0 aliphatic rings. The molecule has 1 heterocycles. The maximum atomic E-state index is 12.3. The van der Waals surface area contributed by atoms with Crippen LogP contribution < -0.4 is 9.68 Å². The summed E-state index contributed by atoms with van der Waals surface area (Å²) >= 11 is 0. The van der Waals surface area contributed by atoms with E-state index in [0.29, 0.717) is 22.3 Å². The van der Waals surface area contributed by atoms with Crippen molar-refractivity contribution >= 4 is 10.9 Å². The largest absolute Gasteiger partial charge is 0.497 e. The van der Waals surface area contributed by atoms with Gasteiger partial charge in [0.2, 0.25) is 0 Å². The summed E-state index contributed by atoms with van der Waals surface area (Å²) in [6, 6.07) is 6.75. The van der Waals surface area contributed by atoms with Gasteiger partial charge in [-0.05, 0) is 19.1 Å². The van der Waals surface area contributed by atoms with Crippen molar-refractivity contribution in [2.75, 3.05) is 7.11 Å². The first kappa shape index (κ1) is 9.71. The molecule has 0 amide bonds. The Hall–Kier alpha value is -1.84. The van der Waals surface area contributed by atoms with E-state index in [0.717, 1.165) is 0 Å². The summed E-state index contributed by atoms with van der Waals surface area (Å²) in [5, 5.41) is 0.629. The molecule has 0 radical (unpaired) electrons. The van der Waals surface area contributed by atoms with Gasteiger partial charge < -0.3 is 4.74 Å². The van der Waals surface area contributed by atoms with Gasteiger partial charge in [-0.3, -0.25) is 9.93 Å². The topological polar surface area (TPSA) is 31.4 Å². The first-order valence-corrected chi connectivity index (χ1v) is 4.48. The number of aryl methyl sites for hydroxylation is 1. The third-order valence-corrected chi connectivity index (χ3v) is 2.19. The van der Waals surface area contributed by atoms with Crippen LogP contribution >= 0.6 is 0 Å². The molecular formula is C11H10FNO2. The Bertz CT molecular complexity index is 499. The van der Waals surface area contributed by atoms with Gasteiger partial charge in [0, 0.05) is 27.7 Å². The van der Waals surface area contributed by atoms with Gasteiger partial charge in [0.1, 0.15) is 5.75 Å². The van der Waals surface area contributed by atoms with E-state index < -0.39 is 0 Å². The van der Waals surface area contributed by atoms with Crippen LogP contribution in [-0.2, 0) is 0 Å². The van der Waals surface area contributed by atoms with Crippen LogP contribution in [0.4, 0.5) is 4.53 Å². The monoisotopic (exact) mass is 207 g/mol. The summed E-state index contributed by atoms with van der Waals surface area (Å²) in [4.78, 5) is 8.07. The second-order valence-corrected chi connectivity index (χ2v) is 3.22. The number of ether oxygens (including phenoxy) is 1. The van der Waals surface area contributed by atoms with Gasteiger partial charge in [-0.25, -0.2) is 0 Å². The summed E-state index contributed by atoms with van der Waals surface area (Å²) < 4.78 is 17.3. The van der Waals surface area contributed by atoms with Crippen LogP contribution in [0, 0.1) is 6.92 Å². The molecule has 0 aliphatic carbocycles. The first-order valence-electron chi connectivity index (χ1n) is 4.48. The summed E-state index contributed by atoms with van der Waals surface area (Å²) in [6.07, 6.45) is 0. The van der Waals surface area contributed by atoms with E-state index in [4.69, 9.17) is 4.74 Å². The van der Waals surface area contributed by atoms with E-state index in [9.17, 15) is 4.53 Å². The highest BCUT2D eigenvalue weighted by molar-refractivity contribution is 5.86. The molecule has 78 valence electrons. The molecule has 0 saturated carbocycles. The summed E-state index contributed by atoms with van der Waals surface area (Å²) in [7, 11) is 1.57. The van der Waals surface area contributed by atoms with E-state index in [1.807, 2.05) is 0 Å². The van der Waals surface area contributed by atoms with Crippen molar-refractivity contribution in [3.63, 3.8) is 0 Å². The molecule has 0 atom stereocenters. The van der Waals surface area contributed by atoms with Crippen molar-refractivity contribution in [1.82, 2.24) is 4.98 Å². The van der Waals surface area contributed by atoms with Crippen molar-refractivity contribution in [2.45, 2.75) is 6.92 Å². The van der Waals surface area contributed by atoms with Crippen LogP contribution in [0.1, 0.15) is 5.69 Å². The van der Waals surface area contributed by atoms with Crippen molar-refractivity contribution < 1.29 is 14.2 Å². The predicted molar refractivity (Wildman–Crippen MR) is 54.8 cm³/mol. The van der Waals surface area contributed by atoms with Crippen molar-refractivity contribution in [3.05, 3.63) is 30.0 Å².